The van der Waals surface area contributed by atoms with Gasteiger partial charge in [0.2, 0.25) is 0 Å². The molecule has 0 fully saturated rings. The zero-order valence-electron chi connectivity index (χ0n) is 12.7. The molecule has 4 nitrogen and oxygen atoms in total. The van der Waals surface area contributed by atoms with Crippen molar-refractivity contribution in [3.05, 3.63) is 15.9 Å². The second-order valence-corrected chi connectivity index (χ2v) is 5.43. The molecule has 0 aliphatic rings. The molecule has 19 heavy (non-hydrogen) atoms. The molecule has 0 aromatic carbocycles. The fraction of sp³-hybridized carbons (Fsp3) is 0.786. The average molecular weight is 332 g/mol. The van der Waals surface area contributed by atoms with E-state index in [-0.39, 0.29) is 6.10 Å². The molecular weight excluding hydrogens is 306 g/mol. The van der Waals surface area contributed by atoms with E-state index < -0.39 is 0 Å². The van der Waals surface area contributed by atoms with Gasteiger partial charge in [0.05, 0.1) is 22.0 Å². The molecule has 2 unspecified atom stereocenters. The quantitative estimate of drug-likeness (QED) is 0.796. The average Bonchev–Trinajstić information content (AvgIpc) is 2.72. The lowest BCUT2D eigenvalue weighted by molar-refractivity contribution is 0.0491. The molecule has 0 amide bonds. The number of ether oxygens (including phenoxy) is 1. The monoisotopic (exact) mass is 331 g/mol. The molecule has 0 radical (unpaired) electrons. The topological polar surface area (TPSA) is 39.1 Å². The lowest BCUT2D eigenvalue weighted by Crippen LogP contribution is -2.40. The van der Waals surface area contributed by atoms with Crippen LogP contribution in [0.15, 0.2) is 4.47 Å². The number of nitrogens with one attached hydrogen (secondary N) is 1. The zero-order chi connectivity index (χ0) is 14.4. The van der Waals surface area contributed by atoms with Gasteiger partial charge in [-0.2, -0.15) is 5.10 Å². The summed E-state index contributed by atoms with van der Waals surface area (Å²) in [4.78, 5) is 0. The number of hydrogen-bond acceptors (Lipinski definition) is 3. The van der Waals surface area contributed by atoms with Gasteiger partial charge in [-0.25, -0.2) is 0 Å². The SMILES string of the molecule is CCOC(C)C(Cc1c(Br)c(CC)nn1CC)NC. The van der Waals surface area contributed by atoms with Crippen molar-refractivity contribution >= 4 is 15.9 Å². The maximum atomic E-state index is 5.71. The van der Waals surface area contributed by atoms with Gasteiger partial charge < -0.3 is 10.1 Å². The number of halogens is 1. The number of rotatable bonds is 8. The second kappa shape index (κ2) is 8.02. The van der Waals surface area contributed by atoms with Crippen LogP contribution in [0.4, 0.5) is 0 Å². The van der Waals surface area contributed by atoms with Crippen LogP contribution in [-0.2, 0) is 24.1 Å². The van der Waals surface area contributed by atoms with Gasteiger partial charge in [0.25, 0.3) is 0 Å². The first-order valence-corrected chi connectivity index (χ1v) is 7.91. The summed E-state index contributed by atoms with van der Waals surface area (Å²) in [5, 5.41) is 7.99. The Kier molecular flexibility index (Phi) is 7.04. The molecule has 1 N–H and O–H groups in total. The number of aryl methyl sites for hydroxylation is 2. The van der Waals surface area contributed by atoms with Crippen LogP contribution in [0.1, 0.15) is 39.1 Å². The van der Waals surface area contributed by atoms with Gasteiger partial charge >= 0.3 is 0 Å². The largest absolute Gasteiger partial charge is 0.377 e. The van der Waals surface area contributed by atoms with Gasteiger partial charge in [-0.1, -0.05) is 6.92 Å². The fourth-order valence-corrected chi connectivity index (χ4v) is 3.03. The third-order valence-corrected chi connectivity index (χ3v) is 4.39. The third kappa shape index (κ3) is 4.04. The highest BCUT2D eigenvalue weighted by Gasteiger charge is 2.21. The van der Waals surface area contributed by atoms with Crippen molar-refractivity contribution in [2.24, 2.45) is 0 Å². The Labute approximate surface area is 125 Å². The molecule has 1 heterocycles. The summed E-state index contributed by atoms with van der Waals surface area (Å²) >= 11 is 3.70. The third-order valence-electron chi connectivity index (χ3n) is 3.47. The molecular formula is C14H26BrN3O. The highest BCUT2D eigenvalue weighted by molar-refractivity contribution is 9.10. The van der Waals surface area contributed by atoms with Gasteiger partial charge in [-0.15, -0.1) is 0 Å². The van der Waals surface area contributed by atoms with Gasteiger partial charge in [0, 0.05) is 25.6 Å². The molecule has 0 spiro atoms. The molecule has 0 aliphatic carbocycles. The van der Waals surface area contributed by atoms with Crippen LogP contribution in [-0.4, -0.2) is 35.6 Å². The van der Waals surface area contributed by atoms with E-state index in [1.54, 1.807) is 0 Å². The van der Waals surface area contributed by atoms with Crippen molar-refractivity contribution < 1.29 is 4.74 Å². The van der Waals surface area contributed by atoms with E-state index >= 15 is 0 Å². The maximum absolute atomic E-state index is 5.71. The minimum Gasteiger partial charge on any atom is -0.377 e. The van der Waals surface area contributed by atoms with Gasteiger partial charge in [0.15, 0.2) is 0 Å². The van der Waals surface area contributed by atoms with Crippen LogP contribution < -0.4 is 5.32 Å². The molecule has 1 aromatic rings. The molecule has 110 valence electrons. The van der Waals surface area contributed by atoms with Crippen molar-refractivity contribution in [2.45, 2.75) is 59.2 Å². The molecule has 0 bridgehead atoms. The van der Waals surface area contributed by atoms with Crippen LogP contribution in [0, 0.1) is 0 Å². The molecule has 0 aliphatic heterocycles. The number of nitrogens with zero attached hydrogens (tertiary/aromatic N) is 2. The van der Waals surface area contributed by atoms with Crippen molar-refractivity contribution in [1.29, 1.82) is 0 Å². The summed E-state index contributed by atoms with van der Waals surface area (Å²) in [6, 6.07) is 0.294. The van der Waals surface area contributed by atoms with E-state index in [4.69, 9.17) is 4.74 Å². The fourth-order valence-electron chi connectivity index (χ4n) is 2.30. The molecule has 1 aromatic heterocycles. The minimum atomic E-state index is 0.187. The maximum Gasteiger partial charge on any atom is 0.0766 e. The number of likely N-dealkylation sites (N-methyl/N-ethyl adjacent to an activating group) is 1. The van der Waals surface area contributed by atoms with E-state index in [9.17, 15) is 0 Å². The zero-order valence-corrected chi connectivity index (χ0v) is 14.2. The molecule has 2 atom stereocenters. The Morgan fingerprint density at radius 2 is 2.05 bits per heavy atom. The van der Waals surface area contributed by atoms with Crippen molar-refractivity contribution in [3.63, 3.8) is 0 Å². The summed E-state index contributed by atoms with van der Waals surface area (Å²) in [6.45, 7) is 10.1. The Bertz CT molecular complexity index is 392. The first-order valence-electron chi connectivity index (χ1n) is 7.11. The molecule has 0 saturated carbocycles. The summed E-state index contributed by atoms with van der Waals surface area (Å²) in [5.41, 5.74) is 2.39. The van der Waals surface area contributed by atoms with E-state index in [2.05, 4.69) is 51.8 Å². The van der Waals surface area contributed by atoms with Crippen LogP contribution in [0.3, 0.4) is 0 Å². The summed E-state index contributed by atoms with van der Waals surface area (Å²) in [5.74, 6) is 0. The highest BCUT2D eigenvalue weighted by Crippen LogP contribution is 2.24. The highest BCUT2D eigenvalue weighted by atomic mass is 79.9. The Balaban J connectivity index is 2.92. The first-order chi connectivity index (χ1) is 9.08. The predicted octanol–water partition coefficient (Wildman–Crippen LogP) is 2.78. The lowest BCUT2D eigenvalue weighted by atomic mass is 10.1. The molecule has 1 rings (SSSR count). The molecule has 5 heteroatoms. The van der Waals surface area contributed by atoms with Crippen molar-refractivity contribution in [1.82, 2.24) is 15.1 Å². The number of hydrogen-bond donors (Lipinski definition) is 1. The second-order valence-electron chi connectivity index (χ2n) is 4.64. The molecule has 0 saturated heterocycles. The van der Waals surface area contributed by atoms with Crippen LogP contribution in [0.2, 0.25) is 0 Å². The standard InChI is InChI=1S/C14H26BrN3O/c1-6-11-14(15)13(18(7-2)17-11)9-12(16-5)10(4)19-8-3/h10,12,16H,6-9H2,1-5H3. The Morgan fingerprint density at radius 1 is 1.37 bits per heavy atom. The van der Waals surface area contributed by atoms with Gasteiger partial charge in [0.1, 0.15) is 0 Å². The first kappa shape index (κ1) is 16.7. The lowest BCUT2D eigenvalue weighted by Gasteiger charge is -2.24. The summed E-state index contributed by atoms with van der Waals surface area (Å²) in [7, 11) is 1.99. The van der Waals surface area contributed by atoms with Gasteiger partial charge in [-0.3, -0.25) is 4.68 Å². The Hall–Kier alpha value is -0.390. The number of aromatic nitrogens is 2. The summed E-state index contributed by atoms with van der Waals surface area (Å²) < 4.78 is 8.95. The Morgan fingerprint density at radius 3 is 2.53 bits per heavy atom. The van der Waals surface area contributed by atoms with E-state index in [0.29, 0.717) is 6.04 Å². The van der Waals surface area contributed by atoms with Crippen LogP contribution in [0.25, 0.3) is 0 Å². The predicted molar refractivity (Wildman–Crippen MR) is 82.6 cm³/mol. The van der Waals surface area contributed by atoms with E-state index in [1.165, 1.54) is 5.69 Å². The summed E-state index contributed by atoms with van der Waals surface area (Å²) in [6.07, 6.45) is 2.05. The van der Waals surface area contributed by atoms with Crippen molar-refractivity contribution in [3.8, 4) is 0 Å². The van der Waals surface area contributed by atoms with Crippen molar-refractivity contribution in [2.75, 3.05) is 13.7 Å². The van der Waals surface area contributed by atoms with Crippen LogP contribution >= 0.6 is 15.9 Å². The smallest absolute Gasteiger partial charge is 0.0766 e. The van der Waals surface area contributed by atoms with Crippen LogP contribution in [0.5, 0.6) is 0 Å². The van der Waals surface area contributed by atoms with Gasteiger partial charge in [-0.05, 0) is 50.2 Å². The van der Waals surface area contributed by atoms with E-state index in [0.717, 1.165) is 36.2 Å². The minimum absolute atomic E-state index is 0.187. The normalized spacial score (nSPS) is 14.6. The van der Waals surface area contributed by atoms with E-state index in [1.807, 2.05) is 14.0 Å².